The Balaban J connectivity index is 1.79. The van der Waals surface area contributed by atoms with Gasteiger partial charge in [-0.15, -0.1) is 10.2 Å². The second kappa shape index (κ2) is 5.59. The Bertz CT molecular complexity index is 644. The fraction of sp³-hybridized carbons (Fsp3) is 0.727. The van der Waals surface area contributed by atoms with Crippen LogP contribution < -0.4 is 10.6 Å². The van der Waals surface area contributed by atoms with Crippen LogP contribution >= 0.6 is 11.3 Å². The fourth-order valence-corrected chi connectivity index (χ4v) is 5.34. The summed E-state index contributed by atoms with van der Waals surface area (Å²) < 4.78 is 26.6. The van der Waals surface area contributed by atoms with E-state index in [-0.39, 0.29) is 21.4 Å². The Morgan fingerprint density at radius 3 is 2.86 bits per heavy atom. The number of anilines is 1. The van der Waals surface area contributed by atoms with Gasteiger partial charge in [-0.3, -0.25) is 4.79 Å². The first-order valence-corrected chi connectivity index (χ1v) is 9.08. The lowest BCUT2D eigenvalue weighted by molar-refractivity contribution is -0.114. The van der Waals surface area contributed by atoms with E-state index in [0.29, 0.717) is 19.1 Å². The normalized spacial score (nSPS) is 26.5. The van der Waals surface area contributed by atoms with Crippen molar-refractivity contribution in [2.75, 3.05) is 18.4 Å². The van der Waals surface area contributed by atoms with E-state index >= 15 is 0 Å². The molecule has 1 amide bonds. The lowest BCUT2D eigenvalue weighted by Crippen LogP contribution is -2.39. The van der Waals surface area contributed by atoms with Crippen molar-refractivity contribution >= 4 is 32.4 Å². The number of amides is 1. The summed E-state index contributed by atoms with van der Waals surface area (Å²) in [6.45, 7) is 2.30. The Morgan fingerprint density at radius 1 is 1.33 bits per heavy atom. The predicted octanol–water partition coefficient (Wildman–Crippen LogP) is 0.0115. The second-order valence-corrected chi connectivity index (χ2v) is 8.43. The van der Waals surface area contributed by atoms with Gasteiger partial charge in [-0.2, -0.15) is 4.31 Å². The quantitative estimate of drug-likeness (QED) is 0.756. The van der Waals surface area contributed by atoms with Gasteiger partial charge in [0.15, 0.2) is 0 Å². The number of sulfonamides is 1. The summed E-state index contributed by atoms with van der Waals surface area (Å²) in [5.74, 6) is -0.300. The van der Waals surface area contributed by atoms with Crippen LogP contribution in [0.15, 0.2) is 4.34 Å². The molecule has 8 nitrogen and oxygen atoms in total. The zero-order chi connectivity index (χ0) is 15.0. The van der Waals surface area contributed by atoms with Gasteiger partial charge in [0.1, 0.15) is 0 Å². The molecule has 0 aromatic carbocycles. The van der Waals surface area contributed by atoms with Crippen molar-refractivity contribution in [2.24, 2.45) is 0 Å². The van der Waals surface area contributed by atoms with Crippen LogP contribution in [0, 0.1) is 0 Å². The summed E-state index contributed by atoms with van der Waals surface area (Å²) in [6.07, 6.45) is 2.93. The van der Waals surface area contributed by atoms with Gasteiger partial charge in [0, 0.05) is 32.1 Å². The maximum absolute atomic E-state index is 12.6. The second-order valence-electron chi connectivity index (χ2n) is 5.34. The summed E-state index contributed by atoms with van der Waals surface area (Å²) in [6, 6.07) is 0.634. The molecule has 2 N–H and O–H groups in total. The van der Waals surface area contributed by atoms with Crippen molar-refractivity contribution in [2.45, 2.75) is 42.6 Å². The highest BCUT2D eigenvalue weighted by Gasteiger charge is 2.36. The van der Waals surface area contributed by atoms with E-state index in [1.54, 1.807) is 0 Å². The molecule has 2 saturated heterocycles. The van der Waals surface area contributed by atoms with Gasteiger partial charge in [0.25, 0.3) is 10.0 Å². The highest BCUT2D eigenvalue weighted by Crippen LogP contribution is 2.27. The van der Waals surface area contributed by atoms with Crippen LogP contribution in [0.3, 0.4) is 0 Å². The van der Waals surface area contributed by atoms with Crippen molar-refractivity contribution in [1.82, 2.24) is 19.8 Å². The summed E-state index contributed by atoms with van der Waals surface area (Å²) in [5.41, 5.74) is 0. The molecule has 116 valence electrons. The molecule has 0 aliphatic carbocycles. The summed E-state index contributed by atoms with van der Waals surface area (Å²) in [5, 5.41) is 13.5. The third-order valence-corrected chi connectivity index (χ3v) is 6.79. The van der Waals surface area contributed by atoms with E-state index in [1.807, 2.05) is 0 Å². The molecule has 1 aromatic rings. The topological polar surface area (TPSA) is 104 Å². The van der Waals surface area contributed by atoms with Gasteiger partial charge in [-0.05, 0) is 19.3 Å². The molecule has 1 aromatic heterocycles. The van der Waals surface area contributed by atoms with Gasteiger partial charge in [0.2, 0.25) is 15.4 Å². The zero-order valence-corrected chi connectivity index (χ0v) is 13.2. The molecule has 2 unspecified atom stereocenters. The smallest absolute Gasteiger partial charge is 0.272 e. The molecule has 2 bridgehead atoms. The zero-order valence-electron chi connectivity index (χ0n) is 11.6. The minimum atomic E-state index is -3.64. The number of rotatable bonds is 3. The first-order valence-electron chi connectivity index (χ1n) is 6.82. The summed E-state index contributed by atoms with van der Waals surface area (Å²) in [7, 11) is -3.64. The fourth-order valence-electron chi connectivity index (χ4n) is 2.75. The third-order valence-electron chi connectivity index (χ3n) is 3.74. The molecule has 0 spiro atoms. The van der Waals surface area contributed by atoms with Crippen LogP contribution in [0.5, 0.6) is 0 Å². The number of aromatic nitrogens is 2. The molecule has 0 radical (unpaired) electrons. The van der Waals surface area contributed by atoms with E-state index in [1.165, 1.54) is 11.2 Å². The number of fused-ring (bicyclic) bond motifs is 2. The van der Waals surface area contributed by atoms with Crippen LogP contribution in [0.25, 0.3) is 0 Å². The van der Waals surface area contributed by atoms with E-state index < -0.39 is 10.0 Å². The number of nitrogens with one attached hydrogen (secondary N) is 2. The number of carbonyl (C=O) groups is 1. The Kier molecular flexibility index (Phi) is 3.95. The Hall–Kier alpha value is -1.10. The summed E-state index contributed by atoms with van der Waals surface area (Å²) >= 11 is 0.884. The molecule has 2 atom stereocenters. The van der Waals surface area contributed by atoms with Crippen LogP contribution in [0.1, 0.15) is 26.2 Å². The van der Waals surface area contributed by atoms with E-state index in [4.69, 9.17) is 0 Å². The van der Waals surface area contributed by atoms with Crippen molar-refractivity contribution in [3.8, 4) is 0 Å². The predicted molar refractivity (Wildman–Crippen MR) is 77.5 cm³/mol. The standard InChI is InChI=1S/C11H17N5O3S2/c1-7(17)12-10-14-15-11(20-10)21(18,19)16-5-4-8-2-3-9(6-16)13-8/h8-9,13H,2-6H2,1H3,(H,12,14,17). The van der Waals surface area contributed by atoms with E-state index in [0.717, 1.165) is 30.6 Å². The molecule has 2 aliphatic heterocycles. The molecule has 2 aliphatic rings. The molecule has 10 heteroatoms. The van der Waals surface area contributed by atoms with Crippen LogP contribution in [0.4, 0.5) is 5.13 Å². The van der Waals surface area contributed by atoms with Gasteiger partial charge in [-0.25, -0.2) is 8.42 Å². The molecule has 3 heterocycles. The third kappa shape index (κ3) is 3.07. The molecular weight excluding hydrogens is 314 g/mol. The number of hydrogen-bond donors (Lipinski definition) is 2. The van der Waals surface area contributed by atoms with Crippen LogP contribution in [0.2, 0.25) is 0 Å². The lowest BCUT2D eigenvalue weighted by atomic mass is 10.1. The molecule has 0 saturated carbocycles. The van der Waals surface area contributed by atoms with Crippen molar-refractivity contribution in [3.63, 3.8) is 0 Å². The Labute approximate surface area is 127 Å². The number of nitrogens with zero attached hydrogens (tertiary/aromatic N) is 3. The van der Waals surface area contributed by atoms with E-state index in [2.05, 4.69) is 20.8 Å². The minimum Gasteiger partial charge on any atom is -0.310 e. The molecular formula is C11H17N5O3S2. The molecule has 3 rings (SSSR count). The van der Waals surface area contributed by atoms with Crippen molar-refractivity contribution in [3.05, 3.63) is 0 Å². The van der Waals surface area contributed by atoms with Gasteiger partial charge < -0.3 is 10.6 Å². The average Bonchev–Trinajstić information content (AvgIpc) is 2.95. The van der Waals surface area contributed by atoms with Crippen molar-refractivity contribution < 1.29 is 13.2 Å². The minimum absolute atomic E-state index is 0.0657. The number of carbonyl (C=O) groups excluding carboxylic acids is 1. The average molecular weight is 331 g/mol. The highest BCUT2D eigenvalue weighted by atomic mass is 32.2. The Morgan fingerprint density at radius 2 is 2.10 bits per heavy atom. The number of hydrogen-bond acceptors (Lipinski definition) is 7. The van der Waals surface area contributed by atoms with Crippen molar-refractivity contribution in [1.29, 1.82) is 0 Å². The van der Waals surface area contributed by atoms with Gasteiger partial charge in [0.05, 0.1) is 0 Å². The van der Waals surface area contributed by atoms with E-state index in [9.17, 15) is 13.2 Å². The van der Waals surface area contributed by atoms with Gasteiger partial charge >= 0.3 is 0 Å². The maximum atomic E-state index is 12.6. The van der Waals surface area contributed by atoms with Gasteiger partial charge in [-0.1, -0.05) is 11.3 Å². The molecule has 21 heavy (non-hydrogen) atoms. The lowest BCUT2D eigenvalue weighted by Gasteiger charge is -2.21. The highest BCUT2D eigenvalue weighted by molar-refractivity contribution is 7.91. The summed E-state index contributed by atoms with van der Waals surface area (Å²) in [4.78, 5) is 11.0. The first kappa shape index (κ1) is 14.8. The SMILES string of the molecule is CC(=O)Nc1nnc(S(=O)(=O)N2CCC3CCC(C2)N3)s1. The first-order chi connectivity index (χ1) is 9.95. The molecule has 2 fully saturated rings. The maximum Gasteiger partial charge on any atom is 0.272 e. The monoisotopic (exact) mass is 331 g/mol. The largest absolute Gasteiger partial charge is 0.310 e. The van der Waals surface area contributed by atoms with Crippen LogP contribution in [-0.2, 0) is 14.8 Å². The van der Waals surface area contributed by atoms with Crippen LogP contribution in [-0.4, -0.2) is 54.0 Å².